The highest BCUT2D eigenvalue weighted by Crippen LogP contribution is 2.24. The molecule has 3 N–H and O–H groups in total. The van der Waals surface area contributed by atoms with Crippen LogP contribution in [-0.4, -0.2) is 33.9 Å². The van der Waals surface area contributed by atoms with Crippen molar-refractivity contribution in [1.29, 1.82) is 0 Å². The summed E-state index contributed by atoms with van der Waals surface area (Å²) >= 11 is 7.25. The van der Waals surface area contributed by atoms with Crippen molar-refractivity contribution in [3.05, 3.63) is 101 Å². The quantitative estimate of drug-likeness (QED) is 0.0987. The van der Waals surface area contributed by atoms with E-state index in [1.807, 2.05) is 24.3 Å². The van der Waals surface area contributed by atoms with Crippen molar-refractivity contribution in [3.8, 4) is 0 Å². The number of carbonyl (C=O) groups is 2. The molecule has 0 fully saturated rings. The third-order valence-electron chi connectivity index (χ3n) is 6.77. The van der Waals surface area contributed by atoms with E-state index in [2.05, 4.69) is 42.6 Å². The standard InChI is InChI=1S/C20H22ClNO4S.C15H24/c21-15-10-8-14(9-11-15)12-22-20(26)17-5-1-2-6-18(17)27-13-16(23)4-3-7-19(24)25;1-2-3-4-5-6-7-9-12-15-13-10-8-11-14-15/h1-2,5-6,8-11,16,23H,3-4,7,12-13H2,(H,22,26)(H,24,25);8,10-11,13-14H,2-7,9,12H2,1H3. The SMILES string of the molecule is CCCCCCCCCc1ccccc1.O=C(O)CCCC(O)CSc1ccccc1C(=O)NCc1ccc(Cl)cc1. The minimum atomic E-state index is -0.863. The van der Waals surface area contributed by atoms with Gasteiger partial charge in [0.15, 0.2) is 0 Å². The normalized spacial score (nSPS) is 11.3. The maximum absolute atomic E-state index is 12.5. The van der Waals surface area contributed by atoms with Gasteiger partial charge in [0, 0.05) is 28.6 Å². The minimum Gasteiger partial charge on any atom is -0.481 e. The highest BCUT2D eigenvalue weighted by molar-refractivity contribution is 7.99. The summed E-state index contributed by atoms with van der Waals surface area (Å²) in [6.45, 7) is 2.67. The van der Waals surface area contributed by atoms with Gasteiger partial charge in [-0.25, -0.2) is 0 Å². The lowest BCUT2D eigenvalue weighted by atomic mass is 10.0. The van der Waals surface area contributed by atoms with Crippen LogP contribution in [0.3, 0.4) is 0 Å². The Morgan fingerprint density at radius 1 is 0.810 bits per heavy atom. The number of unbranched alkanes of at least 4 members (excludes halogenated alkanes) is 6. The van der Waals surface area contributed by atoms with Crippen LogP contribution in [0.5, 0.6) is 0 Å². The maximum atomic E-state index is 12.5. The average molecular weight is 612 g/mol. The fraction of sp³-hybridized carbons (Fsp3) is 0.429. The molecule has 0 aliphatic carbocycles. The summed E-state index contributed by atoms with van der Waals surface area (Å²) in [6.07, 6.45) is 11.4. The van der Waals surface area contributed by atoms with Crippen LogP contribution in [0.2, 0.25) is 5.02 Å². The Morgan fingerprint density at radius 2 is 1.45 bits per heavy atom. The van der Waals surface area contributed by atoms with E-state index in [-0.39, 0.29) is 12.3 Å². The molecule has 0 saturated heterocycles. The molecule has 0 spiro atoms. The first-order chi connectivity index (χ1) is 20.4. The Bertz CT molecular complexity index is 1160. The molecular formula is C35H46ClNO4S. The Morgan fingerprint density at radius 3 is 2.14 bits per heavy atom. The highest BCUT2D eigenvalue weighted by atomic mass is 35.5. The summed E-state index contributed by atoms with van der Waals surface area (Å²) < 4.78 is 0. The predicted octanol–water partition coefficient (Wildman–Crippen LogP) is 8.96. The summed E-state index contributed by atoms with van der Waals surface area (Å²) in [5, 5.41) is 22.2. The molecule has 3 rings (SSSR count). The number of benzene rings is 3. The zero-order chi connectivity index (χ0) is 30.4. The van der Waals surface area contributed by atoms with Crippen molar-refractivity contribution >= 4 is 35.2 Å². The molecule has 0 aliphatic heterocycles. The lowest BCUT2D eigenvalue weighted by Crippen LogP contribution is -2.23. The van der Waals surface area contributed by atoms with Gasteiger partial charge in [-0.15, -0.1) is 11.8 Å². The van der Waals surface area contributed by atoms with Crippen molar-refractivity contribution in [2.45, 2.75) is 95.1 Å². The van der Waals surface area contributed by atoms with Gasteiger partial charge in [0.2, 0.25) is 0 Å². The molecule has 1 atom stereocenters. The minimum absolute atomic E-state index is 0.0470. The summed E-state index contributed by atoms with van der Waals surface area (Å²) in [4.78, 5) is 23.8. The number of carbonyl (C=O) groups excluding carboxylic acids is 1. The summed E-state index contributed by atoms with van der Waals surface area (Å²) in [7, 11) is 0. The number of aliphatic carboxylic acids is 1. The Hall–Kier alpha value is -2.80. The second-order valence-corrected chi connectivity index (χ2v) is 11.9. The monoisotopic (exact) mass is 611 g/mol. The first kappa shape index (κ1) is 35.4. The molecule has 7 heteroatoms. The summed E-state index contributed by atoms with van der Waals surface area (Å²) in [5.74, 6) is -0.646. The zero-order valence-electron chi connectivity index (χ0n) is 24.8. The van der Waals surface area contributed by atoms with Crippen LogP contribution >= 0.6 is 23.4 Å². The molecule has 0 bridgehead atoms. The van der Waals surface area contributed by atoms with Crippen molar-refractivity contribution in [2.75, 3.05) is 5.75 Å². The number of aliphatic hydroxyl groups is 1. The second kappa shape index (κ2) is 21.8. The smallest absolute Gasteiger partial charge is 0.303 e. The Kier molecular flexibility index (Phi) is 18.4. The van der Waals surface area contributed by atoms with Crippen LogP contribution in [0, 0.1) is 0 Å². The lowest BCUT2D eigenvalue weighted by Gasteiger charge is -2.13. The van der Waals surface area contributed by atoms with Gasteiger partial charge in [0.05, 0.1) is 11.7 Å². The number of carboxylic acid groups (broad SMARTS) is 1. The number of rotatable bonds is 18. The average Bonchev–Trinajstić information content (AvgIpc) is 3.00. The largest absolute Gasteiger partial charge is 0.481 e. The van der Waals surface area contributed by atoms with Crippen LogP contribution in [0.25, 0.3) is 0 Å². The molecule has 0 heterocycles. The number of aryl methyl sites for hydroxylation is 1. The van der Waals surface area contributed by atoms with Crippen molar-refractivity contribution in [1.82, 2.24) is 5.32 Å². The number of aliphatic hydroxyl groups excluding tert-OH is 1. The topological polar surface area (TPSA) is 86.6 Å². The van der Waals surface area contributed by atoms with E-state index in [0.717, 1.165) is 10.5 Å². The van der Waals surface area contributed by atoms with Crippen LogP contribution in [0.1, 0.15) is 92.6 Å². The Balaban J connectivity index is 0.000000347. The van der Waals surface area contributed by atoms with E-state index in [4.69, 9.17) is 16.7 Å². The molecule has 0 radical (unpaired) electrons. The third kappa shape index (κ3) is 16.0. The molecule has 3 aromatic carbocycles. The molecule has 0 saturated carbocycles. The predicted molar refractivity (Wildman–Crippen MR) is 175 cm³/mol. The van der Waals surface area contributed by atoms with Crippen LogP contribution < -0.4 is 5.32 Å². The zero-order valence-corrected chi connectivity index (χ0v) is 26.3. The Labute approximate surface area is 261 Å². The molecule has 0 aliphatic rings. The molecular weight excluding hydrogens is 566 g/mol. The first-order valence-electron chi connectivity index (χ1n) is 15.1. The van der Waals surface area contributed by atoms with Gasteiger partial charge in [0.25, 0.3) is 5.91 Å². The first-order valence-corrected chi connectivity index (χ1v) is 16.4. The molecule has 1 amide bonds. The van der Waals surface area contributed by atoms with Gasteiger partial charge in [-0.1, -0.05) is 112 Å². The van der Waals surface area contributed by atoms with Crippen LogP contribution in [-0.2, 0) is 17.8 Å². The van der Waals surface area contributed by atoms with Crippen molar-refractivity contribution < 1.29 is 19.8 Å². The van der Waals surface area contributed by atoms with E-state index in [9.17, 15) is 14.7 Å². The van der Waals surface area contributed by atoms with Gasteiger partial charge in [0.1, 0.15) is 0 Å². The van der Waals surface area contributed by atoms with E-state index in [1.54, 1.807) is 24.3 Å². The van der Waals surface area contributed by atoms with E-state index < -0.39 is 12.1 Å². The van der Waals surface area contributed by atoms with E-state index in [1.165, 1.54) is 68.7 Å². The number of carboxylic acids is 1. The molecule has 228 valence electrons. The van der Waals surface area contributed by atoms with Crippen LogP contribution in [0.15, 0.2) is 83.8 Å². The van der Waals surface area contributed by atoms with Crippen molar-refractivity contribution in [3.63, 3.8) is 0 Å². The van der Waals surface area contributed by atoms with Gasteiger partial charge < -0.3 is 15.5 Å². The van der Waals surface area contributed by atoms with E-state index >= 15 is 0 Å². The number of halogens is 1. The van der Waals surface area contributed by atoms with E-state index in [0.29, 0.717) is 35.7 Å². The number of hydrogen-bond donors (Lipinski definition) is 3. The highest BCUT2D eigenvalue weighted by Gasteiger charge is 2.13. The summed E-state index contributed by atoms with van der Waals surface area (Å²) in [6, 6.07) is 25.3. The molecule has 5 nitrogen and oxygen atoms in total. The van der Waals surface area contributed by atoms with Gasteiger partial charge in [-0.05, 0) is 61.1 Å². The fourth-order valence-electron chi connectivity index (χ4n) is 4.35. The second-order valence-electron chi connectivity index (χ2n) is 10.4. The number of nitrogens with one attached hydrogen (secondary N) is 1. The number of thioether (sulfide) groups is 1. The van der Waals surface area contributed by atoms with Crippen LogP contribution in [0.4, 0.5) is 0 Å². The number of amides is 1. The molecule has 1 unspecified atom stereocenters. The van der Waals surface area contributed by atoms with Gasteiger partial charge in [-0.2, -0.15) is 0 Å². The number of hydrogen-bond acceptors (Lipinski definition) is 4. The fourth-order valence-corrected chi connectivity index (χ4v) is 5.50. The third-order valence-corrected chi connectivity index (χ3v) is 8.24. The van der Waals surface area contributed by atoms with Crippen molar-refractivity contribution in [2.24, 2.45) is 0 Å². The van der Waals surface area contributed by atoms with Gasteiger partial charge >= 0.3 is 5.97 Å². The van der Waals surface area contributed by atoms with Gasteiger partial charge in [-0.3, -0.25) is 9.59 Å². The molecule has 3 aromatic rings. The maximum Gasteiger partial charge on any atom is 0.303 e. The molecule has 0 aromatic heterocycles. The summed E-state index contributed by atoms with van der Waals surface area (Å²) in [5.41, 5.74) is 2.99. The lowest BCUT2D eigenvalue weighted by molar-refractivity contribution is -0.137. The molecule has 42 heavy (non-hydrogen) atoms.